The molecule has 1 aliphatic carbocycles. The normalized spacial score (nSPS) is 20.6. The lowest BCUT2D eigenvalue weighted by molar-refractivity contribution is 0.181. The molecule has 0 radical (unpaired) electrons. The van der Waals surface area contributed by atoms with Crippen LogP contribution in [0.5, 0.6) is 0 Å². The van der Waals surface area contributed by atoms with Gasteiger partial charge in [-0.15, -0.1) is 0 Å². The van der Waals surface area contributed by atoms with Crippen LogP contribution in [0.1, 0.15) is 30.4 Å². The van der Waals surface area contributed by atoms with Gasteiger partial charge in [-0.3, -0.25) is 0 Å². The Bertz CT molecular complexity index is 873. The van der Waals surface area contributed by atoms with Crippen molar-refractivity contribution in [3.8, 4) is 0 Å². The highest BCUT2D eigenvalue weighted by atomic mass is 16.3. The maximum atomic E-state index is 10.0. The number of aryl methyl sites for hydroxylation is 2. The molecule has 1 fully saturated rings. The second kappa shape index (κ2) is 5.91. The van der Waals surface area contributed by atoms with Crippen LogP contribution in [0.4, 0.5) is 11.5 Å². The molecule has 5 nitrogen and oxygen atoms in total. The quantitative estimate of drug-likeness (QED) is 0.773. The molecule has 5 heteroatoms. The van der Waals surface area contributed by atoms with Crippen molar-refractivity contribution >= 4 is 22.5 Å². The zero-order valence-electron chi connectivity index (χ0n) is 14.0. The monoisotopic (exact) mass is 322 g/mol. The number of nitrogens with zero attached hydrogens (tertiary/aromatic N) is 3. The van der Waals surface area contributed by atoms with Gasteiger partial charge in [0.2, 0.25) is 0 Å². The van der Waals surface area contributed by atoms with Crippen LogP contribution in [0.3, 0.4) is 0 Å². The summed E-state index contributed by atoms with van der Waals surface area (Å²) in [5, 5.41) is 11.1. The minimum absolute atomic E-state index is 0.229. The average Bonchev–Trinajstić information content (AvgIpc) is 3.20. The van der Waals surface area contributed by atoms with Crippen LogP contribution in [0.15, 0.2) is 36.8 Å². The van der Waals surface area contributed by atoms with Crippen molar-refractivity contribution < 1.29 is 5.11 Å². The third-order valence-corrected chi connectivity index (χ3v) is 5.07. The lowest BCUT2D eigenvalue weighted by Crippen LogP contribution is -2.30. The summed E-state index contributed by atoms with van der Waals surface area (Å²) < 4.78 is 0. The number of aromatic nitrogens is 3. The van der Waals surface area contributed by atoms with Gasteiger partial charge in [0.05, 0.1) is 11.5 Å². The van der Waals surface area contributed by atoms with E-state index >= 15 is 0 Å². The number of nitrogens with one attached hydrogen (secondary N) is 1. The van der Waals surface area contributed by atoms with Gasteiger partial charge >= 0.3 is 0 Å². The smallest absolute Gasteiger partial charge is 0.146 e. The van der Waals surface area contributed by atoms with Gasteiger partial charge in [0.15, 0.2) is 0 Å². The Morgan fingerprint density at radius 2 is 2.00 bits per heavy atom. The Morgan fingerprint density at radius 3 is 2.75 bits per heavy atom. The largest absolute Gasteiger partial charge is 0.393 e. The number of aromatic amines is 1. The summed E-state index contributed by atoms with van der Waals surface area (Å²) in [6, 6.07) is 8.77. The number of aliphatic hydroxyl groups excluding tert-OH is 1. The molecule has 124 valence electrons. The number of hydrogen-bond acceptors (Lipinski definition) is 4. The van der Waals surface area contributed by atoms with Gasteiger partial charge in [-0.2, -0.15) is 0 Å². The molecule has 2 atom stereocenters. The summed E-state index contributed by atoms with van der Waals surface area (Å²) in [7, 11) is 0. The molecular formula is C19H22N4O. The second-order valence-corrected chi connectivity index (χ2v) is 6.70. The predicted octanol–water partition coefficient (Wildman–Crippen LogP) is 3.63. The van der Waals surface area contributed by atoms with Crippen molar-refractivity contribution in [1.29, 1.82) is 0 Å². The van der Waals surface area contributed by atoms with Crippen LogP contribution in [0.25, 0.3) is 11.0 Å². The minimum atomic E-state index is -0.229. The Labute approximate surface area is 141 Å². The highest BCUT2D eigenvalue weighted by Gasteiger charge is 2.31. The molecular weight excluding hydrogens is 300 g/mol. The van der Waals surface area contributed by atoms with E-state index in [1.165, 1.54) is 11.1 Å². The topological polar surface area (TPSA) is 65.0 Å². The van der Waals surface area contributed by atoms with Gasteiger partial charge in [-0.05, 0) is 62.4 Å². The molecule has 2 N–H and O–H groups in total. The van der Waals surface area contributed by atoms with Gasteiger partial charge < -0.3 is 15.0 Å². The molecule has 2 unspecified atom stereocenters. The Kier molecular flexibility index (Phi) is 3.73. The fraction of sp³-hybridized carbons (Fsp3) is 0.368. The Hall–Kier alpha value is -2.40. The van der Waals surface area contributed by atoms with E-state index in [1.54, 1.807) is 6.33 Å². The van der Waals surface area contributed by atoms with E-state index in [-0.39, 0.29) is 12.1 Å². The number of anilines is 2. The highest BCUT2D eigenvalue weighted by Crippen LogP contribution is 2.37. The molecule has 0 aliphatic heterocycles. The third kappa shape index (κ3) is 2.55. The summed E-state index contributed by atoms with van der Waals surface area (Å²) in [6.45, 7) is 4.25. The maximum Gasteiger partial charge on any atom is 0.146 e. The van der Waals surface area contributed by atoms with Crippen LogP contribution in [0.2, 0.25) is 0 Å². The molecule has 3 aromatic rings. The van der Waals surface area contributed by atoms with Crippen molar-refractivity contribution in [2.75, 3.05) is 4.90 Å². The summed E-state index contributed by atoms with van der Waals surface area (Å²) in [4.78, 5) is 14.3. The first-order chi connectivity index (χ1) is 11.6. The fourth-order valence-corrected chi connectivity index (χ4v) is 3.60. The first-order valence-electron chi connectivity index (χ1n) is 8.46. The van der Waals surface area contributed by atoms with Gasteiger partial charge in [-0.25, -0.2) is 9.97 Å². The third-order valence-electron chi connectivity index (χ3n) is 5.07. The predicted molar refractivity (Wildman–Crippen MR) is 95.6 cm³/mol. The number of fused-ring (bicyclic) bond motifs is 1. The summed E-state index contributed by atoms with van der Waals surface area (Å²) in [5.74, 6) is 0.906. The van der Waals surface area contributed by atoms with Gasteiger partial charge in [-0.1, -0.05) is 6.07 Å². The molecule has 1 aliphatic rings. The van der Waals surface area contributed by atoms with Crippen LogP contribution < -0.4 is 4.90 Å². The van der Waals surface area contributed by atoms with Crippen LogP contribution in [-0.2, 0) is 0 Å². The lowest BCUT2D eigenvalue weighted by atomic mass is 10.1. The molecule has 0 amide bonds. The van der Waals surface area contributed by atoms with Gasteiger partial charge in [0.25, 0.3) is 0 Å². The number of rotatable bonds is 3. The Morgan fingerprint density at radius 1 is 1.12 bits per heavy atom. The van der Waals surface area contributed by atoms with Gasteiger partial charge in [0, 0.05) is 17.9 Å². The Balaban J connectivity index is 1.87. The SMILES string of the molecule is Cc1ccc(N(c2ncnc3[nH]ccc23)C2CCC(O)C2)cc1C. The molecule has 0 bridgehead atoms. The zero-order valence-corrected chi connectivity index (χ0v) is 14.0. The van der Waals surface area contributed by atoms with Gasteiger partial charge in [0.1, 0.15) is 17.8 Å². The van der Waals surface area contributed by atoms with Crippen molar-refractivity contribution in [3.05, 3.63) is 47.9 Å². The molecule has 0 spiro atoms. The standard InChI is InChI=1S/C19H22N4O/c1-12-3-4-14(9-13(12)2)23(15-5-6-16(24)10-15)19-17-7-8-20-18(17)21-11-22-19/h3-4,7-9,11,15-16,24H,5-6,10H2,1-2H3,(H,20,21,22). The van der Waals surface area contributed by atoms with Crippen LogP contribution in [0, 0.1) is 13.8 Å². The van der Waals surface area contributed by atoms with E-state index in [2.05, 4.69) is 51.9 Å². The molecule has 1 saturated carbocycles. The van der Waals surface area contributed by atoms with Crippen molar-refractivity contribution in [2.24, 2.45) is 0 Å². The van der Waals surface area contributed by atoms with E-state index in [1.807, 2.05) is 12.3 Å². The average molecular weight is 322 g/mol. The molecule has 24 heavy (non-hydrogen) atoms. The van der Waals surface area contributed by atoms with E-state index in [9.17, 15) is 5.11 Å². The number of aliphatic hydroxyl groups is 1. The van der Waals surface area contributed by atoms with Crippen molar-refractivity contribution in [2.45, 2.75) is 45.3 Å². The lowest BCUT2D eigenvalue weighted by Gasteiger charge is -2.31. The van der Waals surface area contributed by atoms with Crippen LogP contribution in [-0.4, -0.2) is 32.2 Å². The maximum absolute atomic E-state index is 10.0. The van der Waals surface area contributed by atoms with Crippen molar-refractivity contribution in [1.82, 2.24) is 15.0 Å². The van der Waals surface area contributed by atoms with Crippen molar-refractivity contribution in [3.63, 3.8) is 0 Å². The minimum Gasteiger partial charge on any atom is -0.393 e. The summed E-state index contributed by atoms with van der Waals surface area (Å²) >= 11 is 0. The summed E-state index contributed by atoms with van der Waals surface area (Å²) in [6.07, 6.45) is 5.84. The van der Waals surface area contributed by atoms with E-state index in [4.69, 9.17) is 0 Å². The zero-order chi connectivity index (χ0) is 16.7. The fourth-order valence-electron chi connectivity index (χ4n) is 3.60. The molecule has 0 saturated heterocycles. The molecule has 4 rings (SSSR count). The molecule has 2 heterocycles. The number of hydrogen-bond donors (Lipinski definition) is 2. The molecule has 2 aromatic heterocycles. The van der Waals surface area contributed by atoms with E-state index in [0.717, 1.165) is 41.8 Å². The van der Waals surface area contributed by atoms with E-state index in [0.29, 0.717) is 0 Å². The first kappa shape index (κ1) is 15.1. The van der Waals surface area contributed by atoms with E-state index < -0.39 is 0 Å². The first-order valence-corrected chi connectivity index (χ1v) is 8.46. The number of benzene rings is 1. The summed E-state index contributed by atoms with van der Waals surface area (Å²) in [5.41, 5.74) is 4.50. The number of H-pyrrole nitrogens is 1. The van der Waals surface area contributed by atoms with Crippen LogP contribution >= 0.6 is 0 Å². The highest BCUT2D eigenvalue weighted by molar-refractivity contribution is 5.90. The second-order valence-electron chi connectivity index (χ2n) is 6.70. The molecule has 1 aromatic carbocycles.